The second-order valence-electron chi connectivity index (χ2n) is 7.73. The zero-order valence-electron chi connectivity index (χ0n) is 13.0. The third-order valence-corrected chi connectivity index (χ3v) is 3.49. The second kappa shape index (κ2) is 4.95. The molecule has 0 radical (unpaired) electrons. The van der Waals surface area contributed by atoms with Crippen molar-refractivity contribution >= 4 is 0 Å². The van der Waals surface area contributed by atoms with E-state index in [1.807, 2.05) is 13.0 Å². The number of phenols is 1. The van der Waals surface area contributed by atoms with Gasteiger partial charge in [-0.2, -0.15) is 0 Å². The van der Waals surface area contributed by atoms with Crippen molar-refractivity contribution in [1.82, 2.24) is 0 Å². The van der Waals surface area contributed by atoms with Crippen molar-refractivity contribution in [2.24, 2.45) is 10.8 Å². The van der Waals surface area contributed by atoms with Crippen molar-refractivity contribution in [3.05, 3.63) is 29.3 Å². The van der Waals surface area contributed by atoms with Gasteiger partial charge in [-0.1, -0.05) is 53.7 Å². The Morgan fingerprint density at radius 3 is 2.00 bits per heavy atom. The minimum atomic E-state index is 0.233. The molecule has 1 heteroatoms. The number of aryl methyl sites for hydroxylation is 1. The van der Waals surface area contributed by atoms with Crippen LogP contribution in [0.4, 0.5) is 0 Å². The molecule has 1 N–H and O–H groups in total. The Balaban J connectivity index is 3.14. The highest BCUT2D eigenvalue weighted by atomic mass is 16.3. The van der Waals surface area contributed by atoms with E-state index < -0.39 is 0 Å². The van der Waals surface area contributed by atoms with Crippen LogP contribution in [0.5, 0.6) is 5.75 Å². The summed E-state index contributed by atoms with van der Waals surface area (Å²) in [4.78, 5) is 0. The highest BCUT2D eigenvalue weighted by Crippen LogP contribution is 2.43. The fourth-order valence-electron chi connectivity index (χ4n) is 2.43. The third-order valence-electron chi connectivity index (χ3n) is 3.49. The summed E-state index contributed by atoms with van der Waals surface area (Å²) in [6.07, 6.45) is 1.15. The standard InChI is InChI=1S/C17H28O/c1-12-10-13(8-9-15(12)18)14(17(5,6)7)11-16(2,3)4/h8-10,14,18H,11H2,1-7H3. The van der Waals surface area contributed by atoms with Crippen LogP contribution in [0.1, 0.15) is 65.0 Å². The van der Waals surface area contributed by atoms with E-state index in [0.717, 1.165) is 12.0 Å². The van der Waals surface area contributed by atoms with Gasteiger partial charge in [0.1, 0.15) is 5.75 Å². The first kappa shape index (κ1) is 15.1. The van der Waals surface area contributed by atoms with Crippen LogP contribution in [0.25, 0.3) is 0 Å². The van der Waals surface area contributed by atoms with E-state index in [4.69, 9.17) is 0 Å². The van der Waals surface area contributed by atoms with Gasteiger partial charge in [-0.25, -0.2) is 0 Å². The number of phenolic OH excluding ortho intramolecular Hbond substituents is 1. The Hall–Kier alpha value is -0.980. The molecule has 0 aliphatic rings. The van der Waals surface area contributed by atoms with E-state index in [2.05, 4.69) is 53.7 Å². The Kier molecular flexibility index (Phi) is 4.15. The minimum Gasteiger partial charge on any atom is -0.508 e. The van der Waals surface area contributed by atoms with E-state index >= 15 is 0 Å². The first-order valence-electron chi connectivity index (χ1n) is 6.80. The molecule has 0 saturated carbocycles. The number of aromatic hydroxyl groups is 1. The van der Waals surface area contributed by atoms with E-state index in [1.54, 1.807) is 0 Å². The maximum absolute atomic E-state index is 9.66. The molecule has 1 rings (SSSR count). The first-order valence-corrected chi connectivity index (χ1v) is 6.80. The van der Waals surface area contributed by atoms with E-state index in [9.17, 15) is 5.11 Å². The van der Waals surface area contributed by atoms with Crippen LogP contribution in [0.2, 0.25) is 0 Å². The Morgan fingerprint density at radius 1 is 1.06 bits per heavy atom. The van der Waals surface area contributed by atoms with Crippen LogP contribution < -0.4 is 0 Å². The summed E-state index contributed by atoms with van der Waals surface area (Å²) in [6, 6.07) is 6.03. The predicted octanol–water partition coefficient (Wildman–Crippen LogP) is 5.27. The lowest BCUT2D eigenvalue weighted by Crippen LogP contribution is -2.23. The highest BCUT2D eigenvalue weighted by Gasteiger charge is 2.30. The van der Waals surface area contributed by atoms with E-state index in [-0.39, 0.29) is 5.41 Å². The Bertz CT molecular complexity index is 405. The smallest absolute Gasteiger partial charge is 0.118 e. The van der Waals surface area contributed by atoms with Gasteiger partial charge in [-0.15, -0.1) is 0 Å². The molecule has 0 aliphatic carbocycles. The monoisotopic (exact) mass is 248 g/mol. The molecule has 0 aromatic heterocycles. The molecule has 102 valence electrons. The predicted molar refractivity (Wildman–Crippen MR) is 79.1 cm³/mol. The molecule has 1 aromatic rings. The summed E-state index contributed by atoms with van der Waals surface area (Å²) < 4.78 is 0. The van der Waals surface area contributed by atoms with Gasteiger partial charge in [-0.05, 0) is 47.3 Å². The first-order chi connectivity index (χ1) is 8.00. The maximum atomic E-state index is 9.66. The van der Waals surface area contributed by atoms with Gasteiger partial charge in [0.05, 0.1) is 0 Å². The van der Waals surface area contributed by atoms with Gasteiger partial charge in [0, 0.05) is 0 Å². The molecule has 18 heavy (non-hydrogen) atoms. The van der Waals surface area contributed by atoms with E-state index in [0.29, 0.717) is 17.1 Å². The number of rotatable bonds is 2. The van der Waals surface area contributed by atoms with Crippen molar-refractivity contribution in [1.29, 1.82) is 0 Å². The lowest BCUT2D eigenvalue weighted by Gasteiger charge is -2.36. The molecule has 0 spiro atoms. The van der Waals surface area contributed by atoms with Crippen LogP contribution in [-0.2, 0) is 0 Å². The average Bonchev–Trinajstić information content (AvgIpc) is 2.16. The van der Waals surface area contributed by atoms with Crippen molar-refractivity contribution in [3.8, 4) is 5.75 Å². The molecular formula is C17H28O. The Morgan fingerprint density at radius 2 is 1.61 bits per heavy atom. The number of hydrogen-bond acceptors (Lipinski definition) is 1. The second-order valence-corrected chi connectivity index (χ2v) is 7.73. The van der Waals surface area contributed by atoms with E-state index in [1.165, 1.54) is 5.56 Å². The van der Waals surface area contributed by atoms with Gasteiger partial charge in [0.15, 0.2) is 0 Å². The van der Waals surface area contributed by atoms with Crippen molar-refractivity contribution < 1.29 is 5.11 Å². The Labute approximate surface area is 112 Å². The summed E-state index contributed by atoms with van der Waals surface area (Å²) in [5.41, 5.74) is 2.85. The molecule has 0 fully saturated rings. The molecule has 1 atom stereocenters. The molecule has 1 nitrogen and oxygen atoms in total. The molecule has 0 aliphatic heterocycles. The molecular weight excluding hydrogens is 220 g/mol. The van der Waals surface area contributed by atoms with Crippen LogP contribution in [0, 0.1) is 17.8 Å². The highest BCUT2D eigenvalue weighted by molar-refractivity contribution is 5.37. The van der Waals surface area contributed by atoms with Crippen molar-refractivity contribution in [2.75, 3.05) is 0 Å². The average molecular weight is 248 g/mol. The van der Waals surface area contributed by atoms with Gasteiger partial charge < -0.3 is 5.11 Å². The minimum absolute atomic E-state index is 0.233. The van der Waals surface area contributed by atoms with Crippen LogP contribution in [0.15, 0.2) is 18.2 Å². The van der Waals surface area contributed by atoms with Crippen molar-refractivity contribution in [2.45, 2.75) is 60.8 Å². The molecule has 0 heterocycles. The lowest BCUT2D eigenvalue weighted by atomic mass is 9.69. The summed E-state index contributed by atoms with van der Waals surface area (Å²) in [6.45, 7) is 15.7. The zero-order valence-corrected chi connectivity index (χ0v) is 13.0. The normalized spacial score (nSPS) is 14.6. The summed E-state index contributed by atoms with van der Waals surface area (Å²) in [5.74, 6) is 0.902. The molecule has 0 amide bonds. The largest absolute Gasteiger partial charge is 0.508 e. The summed E-state index contributed by atoms with van der Waals surface area (Å²) in [7, 11) is 0. The summed E-state index contributed by atoms with van der Waals surface area (Å²) in [5, 5.41) is 9.66. The SMILES string of the molecule is Cc1cc(C(CC(C)(C)C)C(C)(C)C)ccc1O. The van der Waals surface area contributed by atoms with Gasteiger partial charge >= 0.3 is 0 Å². The quantitative estimate of drug-likeness (QED) is 0.756. The van der Waals surface area contributed by atoms with Crippen LogP contribution >= 0.6 is 0 Å². The van der Waals surface area contributed by atoms with Crippen LogP contribution in [0.3, 0.4) is 0 Å². The van der Waals surface area contributed by atoms with Gasteiger partial charge in [0.2, 0.25) is 0 Å². The number of hydrogen-bond donors (Lipinski definition) is 1. The number of benzene rings is 1. The maximum Gasteiger partial charge on any atom is 0.118 e. The topological polar surface area (TPSA) is 20.2 Å². The third kappa shape index (κ3) is 4.04. The van der Waals surface area contributed by atoms with Gasteiger partial charge in [0.25, 0.3) is 0 Å². The fraction of sp³-hybridized carbons (Fsp3) is 0.647. The lowest BCUT2D eigenvalue weighted by molar-refractivity contribution is 0.229. The molecule has 0 bridgehead atoms. The molecule has 0 saturated heterocycles. The summed E-state index contributed by atoms with van der Waals surface area (Å²) >= 11 is 0. The fourth-order valence-corrected chi connectivity index (χ4v) is 2.43. The van der Waals surface area contributed by atoms with Gasteiger partial charge in [-0.3, -0.25) is 0 Å². The molecule has 1 unspecified atom stereocenters. The van der Waals surface area contributed by atoms with Crippen LogP contribution in [-0.4, -0.2) is 5.11 Å². The van der Waals surface area contributed by atoms with Crippen molar-refractivity contribution in [3.63, 3.8) is 0 Å². The zero-order chi connectivity index (χ0) is 14.1. The molecule has 1 aromatic carbocycles.